The number of hydrogen-bond donors (Lipinski definition) is 1. The van der Waals surface area contributed by atoms with Crippen LogP contribution in [0.5, 0.6) is 0 Å². The van der Waals surface area contributed by atoms with Crippen LogP contribution in [0, 0.1) is 5.82 Å². The third-order valence-corrected chi connectivity index (χ3v) is 3.55. The number of methoxy groups -OCH3 is 1. The molecule has 0 saturated heterocycles. The number of aliphatic hydroxyl groups is 1. The Labute approximate surface area is 106 Å². The van der Waals surface area contributed by atoms with Crippen molar-refractivity contribution in [2.45, 2.75) is 30.3 Å². The summed E-state index contributed by atoms with van der Waals surface area (Å²) >= 11 is 1.55. The summed E-state index contributed by atoms with van der Waals surface area (Å²) < 4.78 is 17.6. The molecule has 0 spiro atoms. The van der Waals surface area contributed by atoms with Crippen molar-refractivity contribution in [3.8, 4) is 0 Å². The summed E-state index contributed by atoms with van der Waals surface area (Å²) in [4.78, 5) is 0.988. The van der Waals surface area contributed by atoms with Gasteiger partial charge in [0.25, 0.3) is 0 Å². The smallest absolute Gasteiger partial charge is 0.123 e. The predicted molar refractivity (Wildman–Crippen MR) is 68.9 cm³/mol. The maximum atomic E-state index is 12.7. The van der Waals surface area contributed by atoms with E-state index in [4.69, 9.17) is 4.74 Å². The molecule has 0 saturated carbocycles. The standard InChI is InChI=1S/C13H19FO2S/c1-16-9-3-2-4-12(15)10-17-13-7-5-11(14)6-8-13/h5-8,12,15H,2-4,9-10H2,1H3. The molecule has 1 aromatic carbocycles. The molecule has 0 aliphatic carbocycles. The van der Waals surface area contributed by atoms with E-state index in [1.807, 2.05) is 0 Å². The minimum Gasteiger partial charge on any atom is -0.392 e. The molecule has 1 unspecified atom stereocenters. The van der Waals surface area contributed by atoms with Gasteiger partial charge in [-0.2, -0.15) is 0 Å². The second kappa shape index (κ2) is 8.50. The molecule has 0 radical (unpaired) electrons. The molecule has 0 bridgehead atoms. The van der Waals surface area contributed by atoms with Crippen molar-refractivity contribution in [2.24, 2.45) is 0 Å². The van der Waals surface area contributed by atoms with Crippen LogP contribution < -0.4 is 0 Å². The summed E-state index contributed by atoms with van der Waals surface area (Å²) in [5.41, 5.74) is 0. The zero-order valence-corrected chi connectivity index (χ0v) is 10.9. The molecular weight excluding hydrogens is 239 g/mol. The Morgan fingerprint density at radius 1 is 1.29 bits per heavy atom. The highest BCUT2D eigenvalue weighted by atomic mass is 32.2. The summed E-state index contributed by atoms with van der Waals surface area (Å²) in [6.45, 7) is 0.748. The highest BCUT2D eigenvalue weighted by Gasteiger charge is 2.05. The van der Waals surface area contributed by atoms with E-state index in [9.17, 15) is 9.50 Å². The summed E-state index contributed by atoms with van der Waals surface area (Å²) in [7, 11) is 1.68. The van der Waals surface area contributed by atoms with E-state index in [2.05, 4.69) is 0 Å². The molecule has 0 aliphatic heterocycles. The van der Waals surface area contributed by atoms with Gasteiger partial charge in [0.05, 0.1) is 6.10 Å². The minimum absolute atomic E-state index is 0.227. The van der Waals surface area contributed by atoms with Crippen LogP contribution in [0.15, 0.2) is 29.2 Å². The molecule has 0 fully saturated rings. The van der Waals surface area contributed by atoms with Gasteiger partial charge in [-0.1, -0.05) is 0 Å². The maximum absolute atomic E-state index is 12.7. The van der Waals surface area contributed by atoms with Crippen molar-refractivity contribution in [3.63, 3.8) is 0 Å². The van der Waals surface area contributed by atoms with Gasteiger partial charge in [0.2, 0.25) is 0 Å². The molecular formula is C13H19FO2S. The van der Waals surface area contributed by atoms with Crippen LogP contribution in [0.1, 0.15) is 19.3 Å². The number of ether oxygens (including phenoxy) is 1. The second-order valence-corrected chi connectivity index (χ2v) is 5.00. The van der Waals surface area contributed by atoms with E-state index in [0.717, 1.165) is 30.8 Å². The van der Waals surface area contributed by atoms with E-state index >= 15 is 0 Å². The van der Waals surface area contributed by atoms with Crippen LogP contribution in [0.4, 0.5) is 4.39 Å². The predicted octanol–water partition coefficient (Wildman–Crippen LogP) is 3.10. The Morgan fingerprint density at radius 2 is 2.00 bits per heavy atom. The van der Waals surface area contributed by atoms with E-state index in [1.54, 1.807) is 31.0 Å². The Balaban J connectivity index is 2.14. The second-order valence-electron chi connectivity index (χ2n) is 3.91. The van der Waals surface area contributed by atoms with Gasteiger partial charge in [-0.3, -0.25) is 0 Å². The fraction of sp³-hybridized carbons (Fsp3) is 0.538. The van der Waals surface area contributed by atoms with E-state index in [1.165, 1.54) is 12.1 Å². The monoisotopic (exact) mass is 258 g/mol. The molecule has 0 aromatic heterocycles. The average molecular weight is 258 g/mol. The minimum atomic E-state index is -0.304. The Hall–Kier alpha value is -0.580. The average Bonchev–Trinajstić information content (AvgIpc) is 2.34. The molecule has 0 aliphatic rings. The molecule has 4 heteroatoms. The molecule has 96 valence electrons. The fourth-order valence-corrected chi connectivity index (χ4v) is 2.31. The normalized spacial score (nSPS) is 12.6. The van der Waals surface area contributed by atoms with Crippen LogP contribution in [0.3, 0.4) is 0 Å². The van der Waals surface area contributed by atoms with Crippen molar-refractivity contribution >= 4 is 11.8 Å². The van der Waals surface area contributed by atoms with Crippen molar-refractivity contribution in [3.05, 3.63) is 30.1 Å². The number of rotatable bonds is 8. The van der Waals surface area contributed by atoms with Gasteiger partial charge >= 0.3 is 0 Å². The fourth-order valence-electron chi connectivity index (χ4n) is 1.43. The van der Waals surface area contributed by atoms with Crippen molar-refractivity contribution in [1.29, 1.82) is 0 Å². The highest BCUT2D eigenvalue weighted by molar-refractivity contribution is 7.99. The summed E-state index contributed by atoms with van der Waals surface area (Å²) in [5, 5.41) is 9.73. The van der Waals surface area contributed by atoms with Gasteiger partial charge in [-0.15, -0.1) is 11.8 Å². The Morgan fingerprint density at radius 3 is 2.65 bits per heavy atom. The van der Waals surface area contributed by atoms with Crippen LogP contribution in [-0.4, -0.2) is 30.7 Å². The molecule has 1 aromatic rings. The van der Waals surface area contributed by atoms with Crippen LogP contribution in [0.2, 0.25) is 0 Å². The van der Waals surface area contributed by atoms with Crippen molar-refractivity contribution in [1.82, 2.24) is 0 Å². The Kier molecular flexibility index (Phi) is 7.24. The first-order valence-corrected chi connectivity index (χ1v) is 6.76. The summed E-state index contributed by atoms with van der Waals surface area (Å²) in [6, 6.07) is 6.34. The number of halogens is 1. The van der Waals surface area contributed by atoms with Gasteiger partial charge in [-0.05, 0) is 43.5 Å². The quantitative estimate of drug-likeness (QED) is 0.574. The van der Waals surface area contributed by atoms with E-state index in [0.29, 0.717) is 5.75 Å². The first-order valence-electron chi connectivity index (χ1n) is 5.77. The van der Waals surface area contributed by atoms with Gasteiger partial charge < -0.3 is 9.84 Å². The zero-order chi connectivity index (χ0) is 12.5. The lowest BCUT2D eigenvalue weighted by Crippen LogP contribution is -2.09. The lowest BCUT2D eigenvalue weighted by atomic mass is 10.2. The van der Waals surface area contributed by atoms with Crippen LogP contribution in [-0.2, 0) is 4.74 Å². The van der Waals surface area contributed by atoms with Crippen LogP contribution >= 0.6 is 11.8 Å². The van der Waals surface area contributed by atoms with Crippen molar-refractivity contribution in [2.75, 3.05) is 19.5 Å². The maximum Gasteiger partial charge on any atom is 0.123 e. The lowest BCUT2D eigenvalue weighted by molar-refractivity contribution is 0.165. The number of hydrogen-bond acceptors (Lipinski definition) is 3. The number of aliphatic hydroxyl groups excluding tert-OH is 1. The molecule has 0 amide bonds. The molecule has 2 nitrogen and oxygen atoms in total. The number of thioether (sulfide) groups is 1. The SMILES string of the molecule is COCCCCC(O)CSc1ccc(F)cc1. The van der Waals surface area contributed by atoms with Crippen molar-refractivity contribution < 1.29 is 14.2 Å². The summed E-state index contributed by atoms with van der Waals surface area (Å²) in [5.74, 6) is 0.424. The molecule has 1 rings (SSSR count). The highest BCUT2D eigenvalue weighted by Crippen LogP contribution is 2.20. The first kappa shape index (κ1) is 14.5. The third kappa shape index (κ3) is 6.66. The first-order chi connectivity index (χ1) is 8.22. The van der Waals surface area contributed by atoms with Crippen LogP contribution in [0.25, 0.3) is 0 Å². The zero-order valence-electron chi connectivity index (χ0n) is 10.1. The van der Waals surface area contributed by atoms with E-state index < -0.39 is 0 Å². The third-order valence-electron chi connectivity index (χ3n) is 2.39. The molecule has 0 heterocycles. The molecule has 1 N–H and O–H groups in total. The van der Waals surface area contributed by atoms with Gasteiger partial charge in [-0.25, -0.2) is 4.39 Å². The van der Waals surface area contributed by atoms with E-state index in [-0.39, 0.29) is 11.9 Å². The Bertz CT molecular complexity index is 303. The van der Waals surface area contributed by atoms with Gasteiger partial charge in [0.15, 0.2) is 0 Å². The number of unbranched alkanes of at least 4 members (excludes halogenated alkanes) is 1. The summed E-state index contributed by atoms with van der Waals surface area (Å²) in [6.07, 6.45) is 2.44. The topological polar surface area (TPSA) is 29.5 Å². The largest absolute Gasteiger partial charge is 0.392 e. The lowest BCUT2D eigenvalue weighted by Gasteiger charge is -2.09. The molecule has 17 heavy (non-hydrogen) atoms. The van der Waals surface area contributed by atoms with Gasteiger partial charge in [0, 0.05) is 24.4 Å². The number of benzene rings is 1. The molecule has 1 atom stereocenters. The van der Waals surface area contributed by atoms with Gasteiger partial charge in [0.1, 0.15) is 5.82 Å².